The second-order valence-corrected chi connectivity index (χ2v) is 6.82. The van der Waals surface area contributed by atoms with Crippen molar-refractivity contribution in [3.8, 4) is 11.3 Å². The average molecular weight is 310 g/mol. The molecule has 0 aliphatic rings. The van der Waals surface area contributed by atoms with Crippen LogP contribution in [0.3, 0.4) is 0 Å². The SMILES string of the molecule is Cc1sc(CC(C)C)nc1-c1ccc(Br)cc1. The predicted octanol–water partition coefficient (Wildman–Crippen LogP) is 5.08. The van der Waals surface area contributed by atoms with Crippen molar-refractivity contribution in [2.75, 3.05) is 0 Å². The molecule has 0 N–H and O–H groups in total. The second-order valence-electron chi connectivity index (χ2n) is 4.62. The van der Waals surface area contributed by atoms with Crippen LogP contribution in [0.5, 0.6) is 0 Å². The summed E-state index contributed by atoms with van der Waals surface area (Å²) in [7, 11) is 0. The molecule has 1 nitrogen and oxygen atoms in total. The second kappa shape index (κ2) is 5.32. The molecule has 1 aromatic heterocycles. The Labute approximate surface area is 115 Å². The van der Waals surface area contributed by atoms with Crippen LogP contribution in [0.4, 0.5) is 0 Å². The molecule has 3 heteroatoms. The molecule has 1 aromatic carbocycles. The number of hydrogen-bond donors (Lipinski definition) is 0. The van der Waals surface area contributed by atoms with E-state index < -0.39 is 0 Å². The van der Waals surface area contributed by atoms with E-state index in [0.29, 0.717) is 5.92 Å². The van der Waals surface area contributed by atoms with Crippen molar-refractivity contribution in [2.45, 2.75) is 27.2 Å². The van der Waals surface area contributed by atoms with Crippen LogP contribution in [-0.4, -0.2) is 4.98 Å². The molecule has 0 aliphatic carbocycles. The summed E-state index contributed by atoms with van der Waals surface area (Å²) in [5, 5.41) is 1.25. The third kappa shape index (κ3) is 3.17. The number of hydrogen-bond acceptors (Lipinski definition) is 2. The third-order valence-electron chi connectivity index (χ3n) is 2.54. The van der Waals surface area contributed by atoms with Gasteiger partial charge in [-0.25, -0.2) is 4.98 Å². The number of halogens is 1. The van der Waals surface area contributed by atoms with E-state index in [1.807, 2.05) is 11.3 Å². The van der Waals surface area contributed by atoms with Gasteiger partial charge in [-0.2, -0.15) is 0 Å². The normalized spacial score (nSPS) is 11.1. The van der Waals surface area contributed by atoms with Gasteiger partial charge in [0.25, 0.3) is 0 Å². The van der Waals surface area contributed by atoms with Crippen LogP contribution >= 0.6 is 27.3 Å². The first-order chi connectivity index (χ1) is 8.06. The van der Waals surface area contributed by atoms with Gasteiger partial charge in [0.15, 0.2) is 0 Å². The van der Waals surface area contributed by atoms with Gasteiger partial charge < -0.3 is 0 Å². The Bertz CT molecular complexity index is 499. The van der Waals surface area contributed by atoms with Crippen molar-refractivity contribution in [3.05, 3.63) is 38.6 Å². The van der Waals surface area contributed by atoms with Gasteiger partial charge in [0.2, 0.25) is 0 Å². The zero-order valence-electron chi connectivity index (χ0n) is 10.3. The maximum absolute atomic E-state index is 4.75. The molecule has 0 aliphatic heterocycles. The highest BCUT2D eigenvalue weighted by Crippen LogP contribution is 2.29. The lowest BCUT2D eigenvalue weighted by Crippen LogP contribution is -1.92. The van der Waals surface area contributed by atoms with Crippen molar-refractivity contribution >= 4 is 27.3 Å². The Balaban J connectivity index is 2.32. The lowest BCUT2D eigenvalue weighted by atomic mass is 10.1. The van der Waals surface area contributed by atoms with Gasteiger partial charge in [0.05, 0.1) is 10.7 Å². The summed E-state index contributed by atoms with van der Waals surface area (Å²) in [6.45, 7) is 6.62. The first-order valence-electron chi connectivity index (χ1n) is 5.78. The van der Waals surface area contributed by atoms with Crippen LogP contribution in [0.25, 0.3) is 11.3 Å². The van der Waals surface area contributed by atoms with Crippen LogP contribution < -0.4 is 0 Å². The lowest BCUT2D eigenvalue weighted by molar-refractivity contribution is 0.645. The van der Waals surface area contributed by atoms with Gasteiger partial charge >= 0.3 is 0 Å². The summed E-state index contributed by atoms with van der Waals surface area (Å²) in [6, 6.07) is 8.36. The number of aromatic nitrogens is 1. The smallest absolute Gasteiger partial charge is 0.0937 e. The van der Waals surface area contributed by atoms with Crippen molar-refractivity contribution in [1.82, 2.24) is 4.98 Å². The molecule has 0 radical (unpaired) electrons. The predicted molar refractivity (Wildman–Crippen MR) is 78.5 cm³/mol. The van der Waals surface area contributed by atoms with Gasteiger partial charge in [-0.05, 0) is 25.0 Å². The molecule has 17 heavy (non-hydrogen) atoms. The lowest BCUT2D eigenvalue weighted by Gasteiger charge is -2.00. The van der Waals surface area contributed by atoms with Gasteiger partial charge in [-0.3, -0.25) is 0 Å². The van der Waals surface area contributed by atoms with Crippen LogP contribution in [0.15, 0.2) is 28.7 Å². The Kier molecular flexibility index (Phi) is 4.00. The molecule has 0 unspecified atom stereocenters. The standard InChI is InChI=1S/C14H16BrNS/c1-9(2)8-13-16-14(10(3)17-13)11-4-6-12(15)7-5-11/h4-7,9H,8H2,1-3H3. The average Bonchev–Trinajstić information content (AvgIpc) is 2.59. The van der Waals surface area contributed by atoms with Gasteiger partial charge in [-0.1, -0.05) is 41.9 Å². The number of thiazole rings is 1. The third-order valence-corrected chi connectivity index (χ3v) is 4.06. The van der Waals surface area contributed by atoms with Crippen molar-refractivity contribution in [1.29, 1.82) is 0 Å². The highest BCUT2D eigenvalue weighted by atomic mass is 79.9. The quantitative estimate of drug-likeness (QED) is 0.770. The maximum Gasteiger partial charge on any atom is 0.0937 e. The van der Waals surface area contributed by atoms with E-state index in [0.717, 1.165) is 16.6 Å². The summed E-state index contributed by atoms with van der Waals surface area (Å²) in [4.78, 5) is 6.06. The minimum Gasteiger partial charge on any atom is -0.241 e. The largest absolute Gasteiger partial charge is 0.241 e. The van der Waals surface area contributed by atoms with Crippen LogP contribution in [0.2, 0.25) is 0 Å². The van der Waals surface area contributed by atoms with E-state index in [2.05, 4.69) is 61.0 Å². The summed E-state index contributed by atoms with van der Waals surface area (Å²) >= 11 is 5.28. The van der Waals surface area contributed by atoms with Crippen LogP contribution in [-0.2, 0) is 6.42 Å². The number of rotatable bonds is 3. The van der Waals surface area contributed by atoms with Crippen LogP contribution in [0.1, 0.15) is 23.7 Å². The molecule has 0 amide bonds. The summed E-state index contributed by atoms with van der Waals surface area (Å²) in [6.07, 6.45) is 1.07. The van der Waals surface area contributed by atoms with Crippen molar-refractivity contribution in [3.63, 3.8) is 0 Å². The molecule has 0 fully saturated rings. The number of aryl methyl sites for hydroxylation is 1. The molecule has 0 saturated heterocycles. The van der Waals surface area contributed by atoms with E-state index >= 15 is 0 Å². The molecule has 2 aromatic rings. The first-order valence-corrected chi connectivity index (χ1v) is 7.39. The highest BCUT2D eigenvalue weighted by Gasteiger charge is 2.10. The molecule has 0 atom stereocenters. The molecule has 90 valence electrons. The zero-order chi connectivity index (χ0) is 12.4. The maximum atomic E-state index is 4.75. The minimum atomic E-state index is 0.665. The molecule has 0 saturated carbocycles. The molecule has 0 spiro atoms. The zero-order valence-corrected chi connectivity index (χ0v) is 12.7. The van der Waals surface area contributed by atoms with Gasteiger partial charge in [-0.15, -0.1) is 11.3 Å². The van der Waals surface area contributed by atoms with Crippen molar-refractivity contribution in [2.24, 2.45) is 5.92 Å². The summed E-state index contributed by atoms with van der Waals surface area (Å²) < 4.78 is 1.11. The minimum absolute atomic E-state index is 0.665. The molecule has 0 bridgehead atoms. The fourth-order valence-electron chi connectivity index (χ4n) is 1.76. The Morgan fingerprint density at radius 2 is 1.88 bits per heavy atom. The fourth-order valence-corrected chi connectivity index (χ4v) is 3.19. The van der Waals surface area contributed by atoms with Crippen molar-refractivity contribution < 1.29 is 0 Å². The highest BCUT2D eigenvalue weighted by molar-refractivity contribution is 9.10. The topological polar surface area (TPSA) is 12.9 Å². The van der Waals surface area contributed by atoms with E-state index in [9.17, 15) is 0 Å². The monoisotopic (exact) mass is 309 g/mol. The molecular weight excluding hydrogens is 294 g/mol. The van der Waals surface area contributed by atoms with E-state index in [4.69, 9.17) is 4.98 Å². The van der Waals surface area contributed by atoms with E-state index in [-0.39, 0.29) is 0 Å². The van der Waals surface area contributed by atoms with Crippen LogP contribution in [0, 0.1) is 12.8 Å². The van der Waals surface area contributed by atoms with E-state index in [1.54, 1.807) is 0 Å². The number of nitrogens with zero attached hydrogens (tertiary/aromatic N) is 1. The van der Waals surface area contributed by atoms with E-state index in [1.165, 1.54) is 15.4 Å². The summed E-state index contributed by atoms with van der Waals surface area (Å²) in [5.41, 5.74) is 2.34. The Morgan fingerprint density at radius 1 is 1.24 bits per heavy atom. The number of benzene rings is 1. The summed E-state index contributed by atoms with van der Waals surface area (Å²) in [5.74, 6) is 0.665. The van der Waals surface area contributed by atoms with Gasteiger partial charge in [0.1, 0.15) is 0 Å². The molecule has 2 rings (SSSR count). The van der Waals surface area contributed by atoms with Gasteiger partial charge in [0, 0.05) is 21.3 Å². The Morgan fingerprint density at radius 3 is 2.47 bits per heavy atom. The first kappa shape index (κ1) is 12.8. The Hall–Kier alpha value is -0.670. The fraction of sp³-hybridized carbons (Fsp3) is 0.357. The molecular formula is C14H16BrNS. The molecule has 1 heterocycles.